The Morgan fingerprint density at radius 3 is 2.35 bits per heavy atom. The van der Waals surface area contributed by atoms with Crippen molar-refractivity contribution in [3.8, 4) is 11.1 Å². The molecule has 0 atom stereocenters. The fourth-order valence-electron chi connectivity index (χ4n) is 1.97. The van der Waals surface area contributed by atoms with Gasteiger partial charge < -0.3 is 11.2 Å². The van der Waals surface area contributed by atoms with Gasteiger partial charge in [0.25, 0.3) is 0 Å². The van der Waals surface area contributed by atoms with Gasteiger partial charge in [-0.2, -0.15) is 5.10 Å². The summed E-state index contributed by atoms with van der Waals surface area (Å²) in [6.07, 6.45) is 3.04. The Morgan fingerprint density at radius 1 is 1.22 bits per heavy atom. The minimum atomic E-state index is -3.21. The molecule has 0 saturated heterocycles. The van der Waals surface area contributed by atoms with E-state index in [-0.39, 0.29) is 4.90 Å². The van der Waals surface area contributed by atoms with Crippen LogP contribution in [0.1, 0.15) is 0 Å². The predicted molar refractivity (Wildman–Crippen MR) is 98.8 cm³/mol. The van der Waals surface area contributed by atoms with Gasteiger partial charge in [-0.3, -0.25) is 0 Å². The Kier molecular flexibility index (Phi) is 5.56. The summed E-state index contributed by atoms with van der Waals surface area (Å²) in [4.78, 5) is 0.277. The Morgan fingerprint density at radius 2 is 1.87 bits per heavy atom. The van der Waals surface area contributed by atoms with Crippen LogP contribution in [0.3, 0.4) is 0 Å². The largest absolute Gasteiger partial charge is 0.333 e. The van der Waals surface area contributed by atoms with Crippen molar-refractivity contribution in [1.82, 2.24) is 0 Å². The van der Waals surface area contributed by atoms with E-state index in [1.54, 1.807) is 30.3 Å². The number of benzene rings is 2. The van der Waals surface area contributed by atoms with Gasteiger partial charge in [-0.05, 0) is 36.1 Å². The summed E-state index contributed by atoms with van der Waals surface area (Å²) >= 11 is 7.72. The highest BCUT2D eigenvalue weighted by Crippen LogP contribution is 2.31. The Labute approximate surface area is 144 Å². The number of nitrogens with one attached hydrogen (secondary N) is 1. The van der Waals surface area contributed by atoms with E-state index in [0.29, 0.717) is 10.2 Å². The number of halogens is 1. The van der Waals surface area contributed by atoms with E-state index in [1.807, 2.05) is 18.4 Å². The Balaban J connectivity index is 2.31. The first-order valence-corrected chi connectivity index (χ1v) is 10.0. The molecule has 2 aromatic rings. The number of nitrogens with two attached hydrogens (primary N) is 1. The molecule has 2 rings (SSSR count). The van der Waals surface area contributed by atoms with Crippen molar-refractivity contribution in [1.29, 1.82) is 0 Å². The zero-order chi connectivity index (χ0) is 17.0. The van der Waals surface area contributed by atoms with E-state index in [2.05, 4.69) is 10.4 Å². The fourth-order valence-corrected chi connectivity index (χ4v) is 3.21. The molecule has 3 N–H and O–H groups in total. The molecule has 8 heteroatoms. The molecule has 0 radical (unpaired) electrons. The fraction of sp³-hybridized carbons (Fsp3) is 0.133. The third-order valence-corrected chi connectivity index (χ3v) is 5.16. The van der Waals surface area contributed by atoms with Gasteiger partial charge in [0.2, 0.25) is 0 Å². The number of hydrazone groups is 1. The number of amidine groups is 1. The molecule has 0 saturated carbocycles. The third kappa shape index (κ3) is 4.40. The molecule has 0 aliphatic heterocycles. The van der Waals surface area contributed by atoms with E-state index in [1.165, 1.54) is 18.0 Å². The van der Waals surface area contributed by atoms with Crippen molar-refractivity contribution < 1.29 is 8.42 Å². The van der Waals surface area contributed by atoms with Crippen LogP contribution < -0.4 is 11.2 Å². The third-order valence-electron chi connectivity index (χ3n) is 3.12. The van der Waals surface area contributed by atoms with Crippen LogP contribution in [-0.2, 0) is 9.84 Å². The molecule has 0 fully saturated rings. The quantitative estimate of drug-likeness (QED) is 0.375. The first kappa shape index (κ1) is 17.7. The molecule has 122 valence electrons. The van der Waals surface area contributed by atoms with Crippen LogP contribution in [0.15, 0.2) is 52.5 Å². The van der Waals surface area contributed by atoms with Crippen molar-refractivity contribution in [2.45, 2.75) is 4.90 Å². The molecular formula is C15H16ClN3O2S2. The minimum Gasteiger partial charge on any atom is -0.333 e. The van der Waals surface area contributed by atoms with Crippen molar-refractivity contribution >= 4 is 44.1 Å². The average Bonchev–Trinajstić information content (AvgIpc) is 2.52. The lowest BCUT2D eigenvalue weighted by Gasteiger charge is -2.10. The molecule has 0 bridgehead atoms. The molecule has 0 aliphatic rings. The maximum Gasteiger partial charge on any atom is 0.184 e. The maximum absolute atomic E-state index is 11.5. The summed E-state index contributed by atoms with van der Waals surface area (Å²) < 4.78 is 23.0. The lowest BCUT2D eigenvalue weighted by Crippen LogP contribution is -2.09. The number of hydrogen-bond acceptors (Lipinski definition) is 5. The summed E-state index contributed by atoms with van der Waals surface area (Å²) in [5.41, 5.74) is 2.42. The lowest BCUT2D eigenvalue weighted by molar-refractivity contribution is 0.602. The van der Waals surface area contributed by atoms with E-state index in [4.69, 9.17) is 17.4 Å². The monoisotopic (exact) mass is 369 g/mol. The first-order valence-electron chi connectivity index (χ1n) is 6.54. The number of hydrogen-bond donors (Lipinski definition) is 2. The highest BCUT2D eigenvalue weighted by atomic mass is 35.5. The lowest BCUT2D eigenvalue weighted by atomic mass is 10.1. The minimum absolute atomic E-state index is 0.277. The molecule has 0 amide bonds. The van der Waals surface area contributed by atoms with Crippen molar-refractivity contribution in [3.63, 3.8) is 0 Å². The van der Waals surface area contributed by atoms with E-state index < -0.39 is 9.84 Å². The van der Waals surface area contributed by atoms with E-state index >= 15 is 0 Å². The normalized spacial score (nSPS) is 12.2. The standard InChI is InChI=1S/C15H16ClN3O2S2/c1-22-15(19-17)18-11-5-8-13(14(16)9-11)10-3-6-12(7-4-10)23(2,20)21/h3-9H,17H2,1-2H3,(H,18,19). The van der Waals surface area contributed by atoms with Crippen molar-refractivity contribution in [3.05, 3.63) is 47.5 Å². The number of nitrogens with zero attached hydrogens (tertiary/aromatic N) is 1. The predicted octanol–water partition coefficient (Wildman–Crippen LogP) is 3.42. The first-order chi connectivity index (χ1) is 10.8. The molecule has 0 spiro atoms. The molecule has 0 unspecified atom stereocenters. The smallest absolute Gasteiger partial charge is 0.184 e. The van der Waals surface area contributed by atoms with Crippen LogP contribution in [0, 0.1) is 0 Å². The highest BCUT2D eigenvalue weighted by molar-refractivity contribution is 8.13. The van der Waals surface area contributed by atoms with Crippen molar-refractivity contribution in [2.24, 2.45) is 10.9 Å². The molecule has 0 heterocycles. The summed E-state index contributed by atoms with van der Waals surface area (Å²) in [5, 5.41) is 7.78. The van der Waals surface area contributed by atoms with Crippen LogP contribution >= 0.6 is 23.4 Å². The molecule has 23 heavy (non-hydrogen) atoms. The zero-order valence-electron chi connectivity index (χ0n) is 12.6. The Hall–Kier alpha value is -1.70. The van der Waals surface area contributed by atoms with Crippen LogP contribution in [0.2, 0.25) is 5.02 Å². The van der Waals surface area contributed by atoms with Crippen molar-refractivity contribution in [2.75, 3.05) is 17.8 Å². The molecule has 0 aromatic heterocycles. The average molecular weight is 370 g/mol. The highest BCUT2D eigenvalue weighted by Gasteiger charge is 2.09. The van der Waals surface area contributed by atoms with Gasteiger partial charge in [-0.15, -0.1) is 0 Å². The number of anilines is 1. The summed E-state index contributed by atoms with van der Waals surface area (Å²) in [7, 11) is -3.21. The van der Waals surface area contributed by atoms with Crippen LogP contribution in [-0.4, -0.2) is 26.1 Å². The molecular weight excluding hydrogens is 354 g/mol. The van der Waals surface area contributed by atoms with Gasteiger partial charge in [0, 0.05) is 17.5 Å². The van der Waals surface area contributed by atoms with Gasteiger partial charge in [0.1, 0.15) is 0 Å². The second-order valence-electron chi connectivity index (χ2n) is 4.75. The molecule has 2 aromatic carbocycles. The molecule has 0 aliphatic carbocycles. The second-order valence-corrected chi connectivity index (χ2v) is 7.97. The van der Waals surface area contributed by atoms with Crippen LogP contribution in [0.5, 0.6) is 0 Å². The topological polar surface area (TPSA) is 84.5 Å². The number of sulfone groups is 1. The second kappa shape index (κ2) is 7.25. The zero-order valence-corrected chi connectivity index (χ0v) is 15.0. The van der Waals surface area contributed by atoms with Gasteiger partial charge in [-0.25, -0.2) is 8.42 Å². The number of rotatable bonds is 3. The maximum atomic E-state index is 11.5. The van der Waals surface area contributed by atoms with Gasteiger partial charge in [-0.1, -0.05) is 41.6 Å². The van der Waals surface area contributed by atoms with E-state index in [0.717, 1.165) is 16.8 Å². The molecule has 5 nitrogen and oxygen atoms in total. The van der Waals surface area contributed by atoms with E-state index in [9.17, 15) is 8.42 Å². The van der Waals surface area contributed by atoms with Crippen LogP contribution in [0.4, 0.5) is 5.69 Å². The number of thioether (sulfide) groups is 1. The SMILES string of the molecule is CS/C(=N\N)Nc1ccc(-c2ccc(S(C)(=O)=O)cc2)c(Cl)c1. The summed E-state index contributed by atoms with van der Waals surface area (Å²) in [6.45, 7) is 0. The van der Waals surface area contributed by atoms with Gasteiger partial charge in [0.15, 0.2) is 15.0 Å². The summed E-state index contributed by atoms with van der Waals surface area (Å²) in [5.74, 6) is 5.26. The van der Waals surface area contributed by atoms with Gasteiger partial charge in [0.05, 0.1) is 9.92 Å². The van der Waals surface area contributed by atoms with Crippen LogP contribution in [0.25, 0.3) is 11.1 Å². The Bertz CT molecular complexity index is 834. The van der Waals surface area contributed by atoms with Gasteiger partial charge >= 0.3 is 0 Å². The summed E-state index contributed by atoms with van der Waals surface area (Å²) in [6, 6.07) is 12.1.